The summed E-state index contributed by atoms with van der Waals surface area (Å²) >= 11 is 8.75. The summed E-state index contributed by atoms with van der Waals surface area (Å²) in [5.74, 6) is -1.07. The Kier molecular flexibility index (Phi) is 6.17. The Morgan fingerprint density at radius 2 is 2.00 bits per heavy atom. The number of hydrogen-bond donors (Lipinski definition) is 1. The molecule has 0 spiro atoms. The molecule has 28 heavy (non-hydrogen) atoms. The smallest absolute Gasteiger partial charge is 0.264 e. The monoisotopic (exact) mass is 436 g/mol. The van der Waals surface area contributed by atoms with Gasteiger partial charge in [0.15, 0.2) is 0 Å². The van der Waals surface area contributed by atoms with Crippen LogP contribution in [0.3, 0.4) is 0 Å². The predicted molar refractivity (Wildman–Crippen MR) is 113 cm³/mol. The lowest BCUT2D eigenvalue weighted by Gasteiger charge is -2.23. The van der Waals surface area contributed by atoms with E-state index in [2.05, 4.69) is 5.32 Å². The third-order valence-electron chi connectivity index (χ3n) is 4.38. The number of nitrogens with zero attached hydrogens (tertiary/aromatic N) is 1. The van der Waals surface area contributed by atoms with Gasteiger partial charge in [0, 0.05) is 11.9 Å². The minimum atomic E-state index is -0.510. The molecule has 1 aromatic carbocycles. The summed E-state index contributed by atoms with van der Waals surface area (Å²) in [6, 6.07) is 9.25. The summed E-state index contributed by atoms with van der Waals surface area (Å²) in [6.07, 6.45) is 0. The van der Waals surface area contributed by atoms with Gasteiger partial charge in [-0.15, -0.1) is 22.7 Å². The standard InChI is InChI=1S/C20H18ClFN2O2S2/c1-11-9-17(23-19(25)14-7-6-13(22)10-15(14)21)28-18(11)20(26)24(3)12(2)16-5-4-8-27-16/h4-10,12H,1-3H3,(H,23,25). The zero-order valence-electron chi connectivity index (χ0n) is 15.5. The zero-order valence-corrected chi connectivity index (χ0v) is 17.8. The van der Waals surface area contributed by atoms with E-state index in [0.717, 1.165) is 16.5 Å². The van der Waals surface area contributed by atoms with Crippen LogP contribution in [0.15, 0.2) is 41.8 Å². The molecule has 1 unspecified atom stereocenters. The van der Waals surface area contributed by atoms with E-state index >= 15 is 0 Å². The fourth-order valence-corrected chi connectivity index (χ4v) is 4.79. The van der Waals surface area contributed by atoms with Crippen LogP contribution in [0, 0.1) is 12.7 Å². The summed E-state index contributed by atoms with van der Waals surface area (Å²) in [5, 5.41) is 5.28. The number of carbonyl (C=O) groups is 2. The number of amides is 2. The van der Waals surface area contributed by atoms with Crippen molar-refractivity contribution >= 4 is 51.1 Å². The first-order valence-corrected chi connectivity index (χ1v) is 10.5. The molecule has 0 bridgehead atoms. The second-order valence-corrected chi connectivity index (χ2v) is 8.75. The number of halogens is 2. The zero-order chi connectivity index (χ0) is 20.4. The highest BCUT2D eigenvalue weighted by molar-refractivity contribution is 7.18. The van der Waals surface area contributed by atoms with Crippen molar-refractivity contribution < 1.29 is 14.0 Å². The van der Waals surface area contributed by atoms with Gasteiger partial charge in [-0.05, 0) is 55.1 Å². The van der Waals surface area contributed by atoms with Gasteiger partial charge in [0.1, 0.15) is 5.82 Å². The quantitative estimate of drug-likeness (QED) is 0.533. The third kappa shape index (κ3) is 4.27. The Hall–Kier alpha value is -2.22. The molecular formula is C20H18ClFN2O2S2. The lowest BCUT2D eigenvalue weighted by Crippen LogP contribution is -2.29. The molecule has 0 aliphatic heterocycles. The van der Waals surface area contributed by atoms with Gasteiger partial charge in [-0.3, -0.25) is 9.59 Å². The van der Waals surface area contributed by atoms with Crippen molar-refractivity contribution in [1.82, 2.24) is 4.90 Å². The van der Waals surface area contributed by atoms with Gasteiger partial charge in [0.25, 0.3) is 11.8 Å². The maximum absolute atomic E-state index is 13.2. The van der Waals surface area contributed by atoms with Gasteiger partial charge in [-0.2, -0.15) is 0 Å². The molecule has 0 aliphatic rings. The molecule has 0 aliphatic carbocycles. The van der Waals surface area contributed by atoms with E-state index in [0.29, 0.717) is 9.88 Å². The van der Waals surface area contributed by atoms with Crippen LogP contribution in [0.2, 0.25) is 5.02 Å². The molecule has 0 saturated heterocycles. The second-order valence-electron chi connectivity index (χ2n) is 6.31. The SMILES string of the molecule is Cc1cc(NC(=O)c2ccc(F)cc2Cl)sc1C(=O)N(C)C(C)c1cccs1. The maximum atomic E-state index is 13.2. The molecular weight excluding hydrogens is 419 g/mol. The van der Waals surface area contributed by atoms with Crippen LogP contribution in [0.25, 0.3) is 0 Å². The van der Waals surface area contributed by atoms with Crippen LogP contribution >= 0.6 is 34.3 Å². The first-order chi connectivity index (χ1) is 13.3. The Balaban J connectivity index is 1.77. The van der Waals surface area contributed by atoms with Crippen molar-refractivity contribution in [1.29, 1.82) is 0 Å². The first kappa shape index (κ1) is 20.5. The lowest BCUT2D eigenvalue weighted by molar-refractivity contribution is 0.0749. The minimum Gasteiger partial charge on any atom is -0.333 e. The summed E-state index contributed by atoms with van der Waals surface area (Å²) in [7, 11) is 1.77. The number of nitrogens with one attached hydrogen (secondary N) is 1. The minimum absolute atomic E-state index is 0.0339. The van der Waals surface area contributed by atoms with Crippen molar-refractivity contribution in [2.45, 2.75) is 19.9 Å². The molecule has 2 heterocycles. The van der Waals surface area contributed by atoms with Gasteiger partial charge in [-0.1, -0.05) is 17.7 Å². The van der Waals surface area contributed by atoms with Crippen LogP contribution in [-0.4, -0.2) is 23.8 Å². The number of anilines is 1. The van der Waals surface area contributed by atoms with E-state index in [-0.39, 0.29) is 22.5 Å². The molecule has 8 heteroatoms. The van der Waals surface area contributed by atoms with Gasteiger partial charge < -0.3 is 10.2 Å². The number of aryl methyl sites for hydroxylation is 1. The maximum Gasteiger partial charge on any atom is 0.264 e. The van der Waals surface area contributed by atoms with E-state index < -0.39 is 11.7 Å². The molecule has 0 radical (unpaired) electrons. The van der Waals surface area contributed by atoms with Crippen molar-refractivity contribution in [3.8, 4) is 0 Å². The van der Waals surface area contributed by atoms with E-state index in [1.54, 1.807) is 29.4 Å². The Morgan fingerprint density at radius 3 is 2.64 bits per heavy atom. The lowest BCUT2D eigenvalue weighted by atomic mass is 10.2. The number of benzene rings is 1. The Bertz CT molecular complexity index is 1020. The van der Waals surface area contributed by atoms with Gasteiger partial charge in [0.05, 0.1) is 26.5 Å². The van der Waals surface area contributed by atoms with Crippen molar-refractivity contribution in [3.05, 3.63) is 73.5 Å². The van der Waals surface area contributed by atoms with Crippen LogP contribution in [0.1, 0.15) is 43.4 Å². The number of rotatable bonds is 5. The summed E-state index contributed by atoms with van der Waals surface area (Å²) < 4.78 is 13.2. The number of hydrogen-bond acceptors (Lipinski definition) is 4. The average Bonchev–Trinajstić information content (AvgIpc) is 3.29. The molecule has 0 saturated carbocycles. The van der Waals surface area contributed by atoms with Crippen LogP contribution in [0.4, 0.5) is 9.39 Å². The molecule has 3 aromatic rings. The van der Waals surface area contributed by atoms with Crippen molar-refractivity contribution in [2.24, 2.45) is 0 Å². The van der Waals surface area contributed by atoms with Gasteiger partial charge in [-0.25, -0.2) is 4.39 Å². The normalized spacial score (nSPS) is 11.9. The second kappa shape index (κ2) is 8.43. The van der Waals surface area contributed by atoms with Crippen LogP contribution in [0.5, 0.6) is 0 Å². The Morgan fingerprint density at radius 1 is 1.25 bits per heavy atom. The third-order valence-corrected chi connectivity index (χ3v) is 6.88. The van der Waals surface area contributed by atoms with Crippen LogP contribution < -0.4 is 5.32 Å². The fraction of sp³-hybridized carbons (Fsp3) is 0.200. The van der Waals surface area contributed by atoms with E-state index in [1.807, 2.05) is 31.4 Å². The highest BCUT2D eigenvalue weighted by Gasteiger charge is 2.23. The highest BCUT2D eigenvalue weighted by atomic mass is 35.5. The number of thiophene rings is 2. The molecule has 146 valence electrons. The van der Waals surface area contributed by atoms with Crippen molar-refractivity contribution in [2.75, 3.05) is 12.4 Å². The molecule has 1 N–H and O–H groups in total. The molecule has 1 atom stereocenters. The van der Waals surface area contributed by atoms with E-state index in [4.69, 9.17) is 11.6 Å². The molecule has 2 aromatic heterocycles. The average molecular weight is 437 g/mol. The molecule has 0 fully saturated rings. The predicted octanol–water partition coefficient (Wildman–Crippen LogP) is 6.00. The highest BCUT2D eigenvalue weighted by Crippen LogP contribution is 2.31. The summed E-state index contributed by atoms with van der Waals surface area (Å²) in [4.78, 5) is 28.7. The first-order valence-electron chi connectivity index (χ1n) is 8.45. The fourth-order valence-electron chi connectivity index (χ4n) is 2.66. The van der Waals surface area contributed by atoms with Gasteiger partial charge in [0.2, 0.25) is 0 Å². The summed E-state index contributed by atoms with van der Waals surface area (Å²) in [6.45, 7) is 3.81. The Labute approximate surface area is 175 Å². The summed E-state index contributed by atoms with van der Waals surface area (Å²) in [5.41, 5.74) is 0.950. The van der Waals surface area contributed by atoms with Gasteiger partial charge >= 0.3 is 0 Å². The van der Waals surface area contributed by atoms with E-state index in [9.17, 15) is 14.0 Å². The molecule has 4 nitrogen and oxygen atoms in total. The van der Waals surface area contributed by atoms with Crippen LogP contribution in [-0.2, 0) is 0 Å². The number of carbonyl (C=O) groups excluding carboxylic acids is 2. The van der Waals surface area contributed by atoms with E-state index in [1.165, 1.54) is 23.5 Å². The molecule has 3 rings (SSSR count). The van der Waals surface area contributed by atoms with Crippen molar-refractivity contribution in [3.63, 3.8) is 0 Å². The largest absolute Gasteiger partial charge is 0.333 e. The topological polar surface area (TPSA) is 49.4 Å². The molecule has 2 amide bonds.